The van der Waals surface area contributed by atoms with Crippen molar-refractivity contribution < 1.29 is 19.1 Å². The first-order valence-electron chi connectivity index (χ1n) is 10.1. The zero-order chi connectivity index (χ0) is 20.1. The number of ether oxygens (including phenoxy) is 2. The molecule has 0 saturated carbocycles. The normalized spacial score (nSPS) is 14.4. The average Bonchev–Trinajstić information content (AvgIpc) is 3.08. The molecule has 2 aromatic rings. The van der Waals surface area contributed by atoms with Crippen LogP contribution in [0.1, 0.15) is 37.7 Å². The van der Waals surface area contributed by atoms with Gasteiger partial charge in [0.05, 0.1) is 18.7 Å². The summed E-state index contributed by atoms with van der Waals surface area (Å²) in [5.41, 5.74) is 1.69. The van der Waals surface area contributed by atoms with Crippen molar-refractivity contribution in [2.45, 2.75) is 33.7 Å². The Balaban J connectivity index is 1.84. The number of nitrogens with zero attached hydrogens (tertiary/aromatic N) is 3. The zero-order valence-electron chi connectivity index (χ0n) is 16.9. The first-order chi connectivity index (χ1) is 13.6. The molecule has 7 nitrogen and oxygen atoms in total. The summed E-state index contributed by atoms with van der Waals surface area (Å²) in [6.45, 7) is 9.54. The summed E-state index contributed by atoms with van der Waals surface area (Å²) in [6, 6.07) is 7.87. The largest absolute Gasteiger partial charge is 0.493 e. The van der Waals surface area contributed by atoms with Crippen molar-refractivity contribution in [2.24, 2.45) is 0 Å². The molecular formula is C21H29N3O4. The Morgan fingerprint density at radius 2 is 1.71 bits per heavy atom. The van der Waals surface area contributed by atoms with Crippen LogP contribution in [0.15, 0.2) is 24.3 Å². The van der Waals surface area contributed by atoms with E-state index in [4.69, 9.17) is 9.47 Å². The van der Waals surface area contributed by atoms with Crippen molar-refractivity contribution in [1.82, 2.24) is 14.4 Å². The predicted octanol–water partition coefficient (Wildman–Crippen LogP) is 3.36. The lowest BCUT2D eigenvalue weighted by molar-refractivity contribution is 0.0562. The molecule has 0 aliphatic carbocycles. The van der Waals surface area contributed by atoms with Crippen molar-refractivity contribution in [3.8, 4) is 5.75 Å². The van der Waals surface area contributed by atoms with Crippen molar-refractivity contribution in [3.05, 3.63) is 30.0 Å². The number of fused-ring (bicyclic) bond motifs is 1. The van der Waals surface area contributed by atoms with Gasteiger partial charge in [0.15, 0.2) is 0 Å². The fourth-order valence-corrected chi connectivity index (χ4v) is 3.65. The second kappa shape index (κ2) is 8.99. The van der Waals surface area contributed by atoms with Gasteiger partial charge in [-0.15, -0.1) is 0 Å². The van der Waals surface area contributed by atoms with Gasteiger partial charge in [0, 0.05) is 38.1 Å². The van der Waals surface area contributed by atoms with Gasteiger partial charge in [-0.3, -0.25) is 4.79 Å². The van der Waals surface area contributed by atoms with Gasteiger partial charge < -0.3 is 23.8 Å². The maximum atomic E-state index is 13.3. The molecule has 2 heterocycles. The summed E-state index contributed by atoms with van der Waals surface area (Å²) < 4.78 is 12.9. The Kier molecular flexibility index (Phi) is 6.44. The quantitative estimate of drug-likeness (QED) is 0.762. The fraction of sp³-hybridized carbons (Fsp3) is 0.524. The highest BCUT2D eigenvalue weighted by atomic mass is 16.6. The lowest BCUT2D eigenvalue weighted by Gasteiger charge is -2.34. The first-order valence-corrected chi connectivity index (χ1v) is 10.1. The van der Waals surface area contributed by atoms with E-state index >= 15 is 0 Å². The first kappa shape index (κ1) is 20.0. The van der Waals surface area contributed by atoms with E-state index in [1.165, 1.54) is 0 Å². The second-order valence-electron chi connectivity index (χ2n) is 6.78. The number of rotatable bonds is 6. The van der Waals surface area contributed by atoms with Crippen LogP contribution in [0.25, 0.3) is 10.9 Å². The molecule has 1 aromatic heterocycles. The van der Waals surface area contributed by atoms with Crippen molar-refractivity contribution >= 4 is 22.9 Å². The number of carbonyl (C=O) groups is 2. The third kappa shape index (κ3) is 3.93. The van der Waals surface area contributed by atoms with Crippen LogP contribution >= 0.6 is 0 Å². The lowest BCUT2D eigenvalue weighted by Crippen LogP contribution is -2.51. The molecule has 0 atom stereocenters. The van der Waals surface area contributed by atoms with Gasteiger partial charge in [0.25, 0.3) is 5.91 Å². The van der Waals surface area contributed by atoms with Gasteiger partial charge in [0.1, 0.15) is 11.4 Å². The topological polar surface area (TPSA) is 64.0 Å². The molecule has 1 aliphatic rings. The maximum Gasteiger partial charge on any atom is 0.409 e. The SMILES string of the molecule is CCCn1c(C(=O)N2CCN(C(=O)OCC)CC2)cc2c(OCC)cccc21. The number of hydrogen-bond acceptors (Lipinski definition) is 4. The van der Waals surface area contributed by atoms with Crippen LogP contribution < -0.4 is 4.74 Å². The van der Waals surface area contributed by atoms with E-state index in [2.05, 4.69) is 11.5 Å². The highest BCUT2D eigenvalue weighted by Gasteiger charge is 2.28. The monoisotopic (exact) mass is 387 g/mol. The highest BCUT2D eigenvalue weighted by Crippen LogP contribution is 2.30. The number of piperazine rings is 1. The summed E-state index contributed by atoms with van der Waals surface area (Å²) in [7, 11) is 0. The Bertz CT molecular complexity index is 838. The third-order valence-electron chi connectivity index (χ3n) is 4.96. The molecular weight excluding hydrogens is 358 g/mol. The molecule has 7 heteroatoms. The van der Waals surface area contributed by atoms with Gasteiger partial charge in [0.2, 0.25) is 0 Å². The van der Waals surface area contributed by atoms with Crippen molar-refractivity contribution in [2.75, 3.05) is 39.4 Å². The molecule has 1 aromatic carbocycles. The molecule has 1 saturated heterocycles. The van der Waals surface area contributed by atoms with Crippen LogP contribution in [0.3, 0.4) is 0 Å². The van der Waals surface area contributed by atoms with Crippen LogP contribution in [0, 0.1) is 0 Å². The fourth-order valence-electron chi connectivity index (χ4n) is 3.65. The van der Waals surface area contributed by atoms with Crippen LogP contribution in [-0.4, -0.2) is 65.8 Å². The van der Waals surface area contributed by atoms with Gasteiger partial charge in [-0.2, -0.15) is 0 Å². The van der Waals surface area contributed by atoms with E-state index < -0.39 is 0 Å². The van der Waals surface area contributed by atoms with Crippen molar-refractivity contribution in [3.63, 3.8) is 0 Å². The van der Waals surface area contributed by atoms with E-state index in [-0.39, 0.29) is 12.0 Å². The summed E-state index contributed by atoms with van der Waals surface area (Å²) in [6.07, 6.45) is 0.621. The maximum absolute atomic E-state index is 13.3. The number of carbonyl (C=O) groups excluding carboxylic acids is 2. The Morgan fingerprint density at radius 3 is 2.36 bits per heavy atom. The Hall–Kier alpha value is -2.70. The standard InChI is InChI=1S/C21H29N3O4/c1-4-10-24-17-8-7-9-19(27-5-2)16(17)15-18(24)20(25)22-11-13-23(14-12-22)21(26)28-6-3/h7-9,15H,4-6,10-14H2,1-3H3. The van der Waals surface area contributed by atoms with E-state index in [1.807, 2.05) is 36.1 Å². The van der Waals surface area contributed by atoms with E-state index in [1.54, 1.807) is 11.8 Å². The van der Waals surface area contributed by atoms with E-state index in [9.17, 15) is 9.59 Å². The molecule has 2 amide bonds. The van der Waals surface area contributed by atoms with Crippen LogP contribution in [0.5, 0.6) is 5.75 Å². The lowest BCUT2D eigenvalue weighted by atomic mass is 10.2. The third-order valence-corrected chi connectivity index (χ3v) is 4.96. The highest BCUT2D eigenvalue weighted by molar-refractivity contribution is 6.00. The number of benzene rings is 1. The minimum absolute atomic E-state index is 0.00407. The molecule has 0 spiro atoms. The molecule has 1 aliphatic heterocycles. The molecule has 1 fully saturated rings. The summed E-state index contributed by atoms with van der Waals surface area (Å²) in [5, 5.41) is 0.964. The minimum atomic E-state index is -0.309. The molecule has 0 bridgehead atoms. The number of aryl methyl sites for hydroxylation is 1. The van der Waals surface area contributed by atoms with Crippen LogP contribution in [-0.2, 0) is 11.3 Å². The van der Waals surface area contributed by atoms with E-state index in [0.29, 0.717) is 45.1 Å². The molecule has 0 unspecified atom stereocenters. The minimum Gasteiger partial charge on any atom is -0.493 e. The second-order valence-corrected chi connectivity index (χ2v) is 6.78. The molecule has 152 valence electrons. The Morgan fingerprint density at radius 1 is 1.00 bits per heavy atom. The molecule has 3 rings (SSSR count). The molecule has 0 radical (unpaired) electrons. The Labute approximate surface area is 165 Å². The van der Waals surface area contributed by atoms with Gasteiger partial charge in [-0.25, -0.2) is 4.79 Å². The number of hydrogen-bond donors (Lipinski definition) is 0. The molecule has 0 N–H and O–H groups in total. The zero-order valence-corrected chi connectivity index (χ0v) is 16.9. The number of amides is 2. The predicted molar refractivity (Wildman–Crippen MR) is 108 cm³/mol. The van der Waals surface area contributed by atoms with E-state index in [0.717, 1.165) is 29.6 Å². The van der Waals surface area contributed by atoms with Crippen LogP contribution in [0.4, 0.5) is 4.79 Å². The summed E-state index contributed by atoms with van der Waals surface area (Å²) in [5.74, 6) is 0.798. The van der Waals surface area contributed by atoms with Gasteiger partial charge in [-0.05, 0) is 38.5 Å². The van der Waals surface area contributed by atoms with Crippen LogP contribution in [0.2, 0.25) is 0 Å². The average molecular weight is 387 g/mol. The smallest absolute Gasteiger partial charge is 0.409 e. The summed E-state index contributed by atoms with van der Waals surface area (Å²) >= 11 is 0. The van der Waals surface area contributed by atoms with Gasteiger partial charge in [-0.1, -0.05) is 13.0 Å². The molecule has 28 heavy (non-hydrogen) atoms. The summed E-state index contributed by atoms with van der Waals surface area (Å²) in [4.78, 5) is 28.6. The number of aromatic nitrogens is 1. The van der Waals surface area contributed by atoms with Gasteiger partial charge >= 0.3 is 6.09 Å². The van der Waals surface area contributed by atoms with Crippen molar-refractivity contribution in [1.29, 1.82) is 0 Å².